The molecule has 6 heteroatoms. The molecule has 0 aromatic rings. The molecule has 0 unspecified atom stereocenters. The van der Waals surface area contributed by atoms with Crippen LogP contribution in [0.3, 0.4) is 0 Å². The summed E-state index contributed by atoms with van der Waals surface area (Å²) in [7, 11) is 0. The highest BCUT2D eigenvalue weighted by Crippen LogP contribution is 0.969. The van der Waals surface area contributed by atoms with Gasteiger partial charge in [0.15, 0.2) is 0 Å². The van der Waals surface area contributed by atoms with Crippen molar-refractivity contribution in [2.45, 2.75) is 0 Å². The van der Waals surface area contributed by atoms with Crippen LogP contribution in [-0.2, 0) is 9.59 Å². The molecule has 8 heavy (non-hydrogen) atoms. The van der Waals surface area contributed by atoms with Gasteiger partial charge in [-0.1, -0.05) is 0 Å². The minimum Gasteiger partial charge on any atom is -0.483 e. The Hall–Kier alpha value is 0.472. The van der Waals surface area contributed by atoms with E-state index in [1.54, 1.807) is 0 Å². The van der Waals surface area contributed by atoms with Gasteiger partial charge in [-0.3, -0.25) is 9.59 Å². The van der Waals surface area contributed by atoms with E-state index in [-0.39, 0.29) is 59.1 Å². The fraction of sp³-hybridized carbons (Fsp3) is 0. The molecule has 0 rings (SSSR count). The Balaban J connectivity index is -0.0000000160. The standard InChI is InChI=1S/2CH2O2.2Mg.4H/c2*2-1-3;;;;;;/h2*1H,(H,2,3);;;;;;. The zero-order valence-electron chi connectivity index (χ0n) is 2.87. The number of rotatable bonds is 0. The molecule has 0 aromatic heterocycles. The Labute approximate surface area is 78.6 Å². The number of hydrogen-bond acceptors (Lipinski definition) is 2. The largest absolute Gasteiger partial charge is 0.483 e. The first-order valence-electron chi connectivity index (χ1n) is 0.988. The molecule has 2 N–H and O–H groups in total. The molecular weight excluding hydrogens is 137 g/mol. The SMILES string of the molecule is O=CO.O=CO.[MgH2].[MgH2]. The van der Waals surface area contributed by atoms with Gasteiger partial charge >= 0.3 is 46.1 Å². The second-order valence-corrected chi connectivity index (χ2v) is 0.211. The second-order valence-electron chi connectivity index (χ2n) is 0.211. The van der Waals surface area contributed by atoms with Crippen LogP contribution in [0, 0.1) is 0 Å². The summed E-state index contributed by atoms with van der Waals surface area (Å²) < 4.78 is 0. The molecule has 0 amide bonds. The molecule has 0 atom stereocenters. The molecule has 44 valence electrons. The van der Waals surface area contributed by atoms with Crippen LogP contribution in [0.4, 0.5) is 0 Å². The van der Waals surface area contributed by atoms with Crippen LogP contribution < -0.4 is 0 Å². The molecule has 0 bridgehead atoms. The van der Waals surface area contributed by atoms with Crippen LogP contribution in [0.2, 0.25) is 0 Å². The van der Waals surface area contributed by atoms with Crippen LogP contribution in [-0.4, -0.2) is 69.3 Å². The second kappa shape index (κ2) is 51.2. The third-order valence-electron chi connectivity index (χ3n) is 0. The van der Waals surface area contributed by atoms with Crippen molar-refractivity contribution < 1.29 is 19.8 Å². The van der Waals surface area contributed by atoms with Gasteiger partial charge in [-0.05, 0) is 0 Å². The van der Waals surface area contributed by atoms with Gasteiger partial charge in [-0.2, -0.15) is 0 Å². The molecule has 0 spiro atoms. The van der Waals surface area contributed by atoms with E-state index in [4.69, 9.17) is 19.8 Å². The summed E-state index contributed by atoms with van der Waals surface area (Å²) in [5.41, 5.74) is 0. The van der Waals surface area contributed by atoms with Crippen LogP contribution >= 0.6 is 0 Å². The Kier molecular flexibility index (Phi) is 151. The predicted octanol–water partition coefficient (Wildman–Crippen LogP) is -2.43. The quantitative estimate of drug-likeness (QED) is 0.293. The van der Waals surface area contributed by atoms with E-state index in [1.807, 2.05) is 0 Å². The molecule has 0 aliphatic heterocycles. The van der Waals surface area contributed by atoms with Crippen LogP contribution in [0.25, 0.3) is 0 Å². The highest BCUT2D eigenvalue weighted by Gasteiger charge is 1.22. The Morgan fingerprint density at radius 2 is 0.875 bits per heavy atom. The minimum absolute atomic E-state index is 0. The smallest absolute Gasteiger partial charge is 0.316 e. The van der Waals surface area contributed by atoms with E-state index >= 15 is 0 Å². The zero-order valence-corrected chi connectivity index (χ0v) is 2.87. The Morgan fingerprint density at radius 1 is 0.875 bits per heavy atom. The average molecular weight is 145 g/mol. The van der Waals surface area contributed by atoms with Crippen molar-refractivity contribution in [3.05, 3.63) is 0 Å². The summed E-state index contributed by atoms with van der Waals surface area (Å²) in [6.07, 6.45) is 0. The maximum atomic E-state index is 8.36. The van der Waals surface area contributed by atoms with E-state index in [1.165, 1.54) is 0 Å². The maximum Gasteiger partial charge on any atom is 0.316 e. The molecule has 0 aromatic carbocycles. The first-order chi connectivity index (χ1) is 2.83. The van der Waals surface area contributed by atoms with E-state index in [0.717, 1.165) is 0 Å². The topological polar surface area (TPSA) is 74.6 Å². The summed E-state index contributed by atoms with van der Waals surface area (Å²) in [4.78, 5) is 16.7. The van der Waals surface area contributed by atoms with Crippen LogP contribution in [0.15, 0.2) is 0 Å². The minimum atomic E-state index is -0.250. The van der Waals surface area contributed by atoms with Crippen molar-refractivity contribution in [3.63, 3.8) is 0 Å². The summed E-state index contributed by atoms with van der Waals surface area (Å²) in [5.74, 6) is 0. The summed E-state index contributed by atoms with van der Waals surface area (Å²) in [6, 6.07) is 0. The molecule has 0 aliphatic rings. The van der Waals surface area contributed by atoms with E-state index in [0.29, 0.717) is 0 Å². The van der Waals surface area contributed by atoms with Crippen molar-refractivity contribution in [2.24, 2.45) is 0 Å². The van der Waals surface area contributed by atoms with Gasteiger partial charge in [0, 0.05) is 0 Å². The van der Waals surface area contributed by atoms with Gasteiger partial charge in [-0.25, -0.2) is 0 Å². The normalized spacial score (nSPS) is 3.00. The highest BCUT2D eigenvalue weighted by atomic mass is 24.3. The Bertz CT molecular complexity index is 33.0. The van der Waals surface area contributed by atoms with Gasteiger partial charge in [-0.15, -0.1) is 0 Å². The molecule has 0 saturated carbocycles. The van der Waals surface area contributed by atoms with Crippen molar-refractivity contribution in [3.8, 4) is 0 Å². The molecule has 0 radical (unpaired) electrons. The lowest BCUT2D eigenvalue weighted by atomic mass is 11.7. The zero-order chi connectivity index (χ0) is 5.41. The lowest BCUT2D eigenvalue weighted by Crippen LogP contribution is -1.49. The summed E-state index contributed by atoms with van der Waals surface area (Å²) >= 11 is 0. The fourth-order valence-electron chi connectivity index (χ4n) is 0. The van der Waals surface area contributed by atoms with Gasteiger partial charge in [0.25, 0.3) is 12.9 Å². The molecular formula is C2H8Mg2O4. The van der Waals surface area contributed by atoms with Crippen molar-refractivity contribution in [2.75, 3.05) is 0 Å². The summed E-state index contributed by atoms with van der Waals surface area (Å²) in [6.45, 7) is -0.500. The lowest BCUT2D eigenvalue weighted by molar-refractivity contribution is -0.123. The molecule has 0 aliphatic carbocycles. The van der Waals surface area contributed by atoms with Crippen LogP contribution in [0.1, 0.15) is 0 Å². The van der Waals surface area contributed by atoms with E-state index < -0.39 is 0 Å². The number of carbonyl (C=O) groups is 2. The first-order valence-corrected chi connectivity index (χ1v) is 0.988. The molecule has 0 fully saturated rings. The summed E-state index contributed by atoms with van der Waals surface area (Å²) in [5, 5.41) is 13.8. The van der Waals surface area contributed by atoms with Gasteiger partial charge in [0.1, 0.15) is 0 Å². The molecule has 0 heterocycles. The van der Waals surface area contributed by atoms with Crippen LogP contribution in [0.5, 0.6) is 0 Å². The van der Waals surface area contributed by atoms with Crippen molar-refractivity contribution in [1.82, 2.24) is 0 Å². The number of hydrogen-bond donors (Lipinski definition) is 2. The maximum absolute atomic E-state index is 8.36. The highest BCUT2D eigenvalue weighted by molar-refractivity contribution is 5.76. The van der Waals surface area contributed by atoms with Crippen molar-refractivity contribution >= 4 is 59.1 Å². The first kappa shape index (κ1) is 23.7. The third kappa shape index (κ3) is 868. The van der Waals surface area contributed by atoms with Gasteiger partial charge in [0.05, 0.1) is 0 Å². The molecule has 0 saturated heterocycles. The number of carboxylic acid groups (broad SMARTS) is 2. The Morgan fingerprint density at radius 3 is 0.875 bits per heavy atom. The van der Waals surface area contributed by atoms with E-state index in [2.05, 4.69) is 0 Å². The monoisotopic (exact) mass is 144 g/mol. The van der Waals surface area contributed by atoms with E-state index in [9.17, 15) is 0 Å². The predicted molar refractivity (Wildman–Crippen MR) is 34.5 cm³/mol. The van der Waals surface area contributed by atoms with Crippen molar-refractivity contribution in [1.29, 1.82) is 0 Å². The lowest BCUT2D eigenvalue weighted by Gasteiger charge is -1.34. The van der Waals surface area contributed by atoms with Gasteiger partial charge < -0.3 is 10.2 Å². The fourth-order valence-corrected chi connectivity index (χ4v) is 0. The third-order valence-corrected chi connectivity index (χ3v) is 0. The molecule has 4 nitrogen and oxygen atoms in total. The van der Waals surface area contributed by atoms with Gasteiger partial charge in [0.2, 0.25) is 0 Å². The average Bonchev–Trinajstić information content (AvgIpc) is 1.39.